The van der Waals surface area contributed by atoms with E-state index in [1.807, 2.05) is 18.4 Å². The number of rotatable bonds is 8. The molecular weight excluding hydrogens is 259 g/mol. The highest BCUT2D eigenvalue weighted by Crippen LogP contribution is 2.17. The third kappa shape index (κ3) is 5.61. The third-order valence-corrected chi connectivity index (χ3v) is 2.59. The maximum atomic E-state index is 12.1. The molecule has 0 aromatic carbocycles. The summed E-state index contributed by atoms with van der Waals surface area (Å²) >= 11 is 0. The van der Waals surface area contributed by atoms with E-state index in [4.69, 9.17) is 4.74 Å². The molecule has 1 N–H and O–H groups in total. The predicted octanol–water partition coefficient (Wildman–Crippen LogP) is 2.52. The Balaban J connectivity index is 2.61. The third-order valence-electron chi connectivity index (χ3n) is 2.59. The van der Waals surface area contributed by atoms with Gasteiger partial charge < -0.3 is 14.6 Å². The van der Waals surface area contributed by atoms with Gasteiger partial charge in [0.1, 0.15) is 12.4 Å². The summed E-state index contributed by atoms with van der Waals surface area (Å²) in [4.78, 5) is 4.19. The zero-order valence-electron chi connectivity index (χ0n) is 11.2. The van der Waals surface area contributed by atoms with Crippen molar-refractivity contribution in [3.63, 3.8) is 0 Å². The maximum absolute atomic E-state index is 12.1. The minimum atomic E-state index is -4.30. The van der Waals surface area contributed by atoms with Crippen molar-refractivity contribution in [2.75, 3.05) is 19.8 Å². The lowest BCUT2D eigenvalue weighted by atomic mass is 10.2. The van der Waals surface area contributed by atoms with E-state index >= 15 is 0 Å². The second kappa shape index (κ2) is 7.49. The average molecular weight is 279 g/mol. The van der Waals surface area contributed by atoms with E-state index in [0.717, 1.165) is 13.0 Å². The fourth-order valence-electron chi connectivity index (χ4n) is 1.73. The van der Waals surface area contributed by atoms with Gasteiger partial charge in [-0.1, -0.05) is 6.92 Å². The van der Waals surface area contributed by atoms with Crippen LogP contribution in [0, 0.1) is 0 Å². The lowest BCUT2D eigenvalue weighted by molar-refractivity contribution is -0.175. The molecule has 1 rings (SSSR count). The van der Waals surface area contributed by atoms with Gasteiger partial charge in [-0.3, -0.25) is 0 Å². The van der Waals surface area contributed by atoms with Gasteiger partial charge in [-0.05, 0) is 19.9 Å². The van der Waals surface area contributed by atoms with Crippen LogP contribution >= 0.6 is 0 Å². The molecule has 0 saturated heterocycles. The molecule has 1 aromatic rings. The second-order valence-corrected chi connectivity index (χ2v) is 4.21. The van der Waals surface area contributed by atoms with Crippen molar-refractivity contribution >= 4 is 0 Å². The number of hydrogen-bond acceptors (Lipinski definition) is 3. The van der Waals surface area contributed by atoms with E-state index in [9.17, 15) is 13.2 Å². The van der Waals surface area contributed by atoms with E-state index in [1.165, 1.54) is 0 Å². The van der Waals surface area contributed by atoms with E-state index < -0.39 is 12.8 Å². The van der Waals surface area contributed by atoms with Crippen molar-refractivity contribution in [1.82, 2.24) is 14.9 Å². The molecule has 1 heterocycles. The number of aromatic nitrogens is 2. The van der Waals surface area contributed by atoms with Gasteiger partial charge >= 0.3 is 6.18 Å². The van der Waals surface area contributed by atoms with Gasteiger partial charge in [-0.25, -0.2) is 4.98 Å². The first-order valence-corrected chi connectivity index (χ1v) is 6.36. The summed E-state index contributed by atoms with van der Waals surface area (Å²) in [6.45, 7) is 4.10. The summed E-state index contributed by atoms with van der Waals surface area (Å²) in [5.41, 5.74) is 0. The molecule has 19 heavy (non-hydrogen) atoms. The first kappa shape index (κ1) is 16.0. The largest absolute Gasteiger partial charge is 0.411 e. The molecule has 4 nitrogen and oxygen atoms in total. The van der Waals surface area contributed by atoms with Gasteiger partial charge in [0.15, 0.2) is 0 Å². The van der Waals surface area contributed by atoms with Crippen molar-refractivity contribution in [3.05, 3.63) is 18.2 Å². The Kier molecular flexibility index (Phi) is 6.30. The first-order chi connectivity index (χ1) is 8.98. The maximum Gasteiger partial charge on any atom is 0.411 e. The molecule has 0 radical (unpaired) electrons. The molecule has 0 aliphatic rings. The van der Waals surface area contributed by atoms with Gasteiger partial charge in [0.25, 0.3) is 0 Å². The van der Waals surface area contributed by atoms with Crippen LogP contribution in [0.15, 0.2) is 12.4 Å². The summed E-state index contributed by atoms with van der Waals surface area (Å²) in [6.07, 6.45) is 0.0427. The molecule has 0 spiro atoms. The standard InChI is InChI=1S/C12H20F3N3O/c1-3-5-16-10(8-19-9-12(13,14)15)11-17-6-7-18(11)4-2/h6-7,10,16H,3-5,8-9H2,1-2H3. The van der Waals surface area contributed by atoms with Crippen molar-refractivity contribution in [1.29, 1.82) is 0 Å². The highest BCUT2D eigenvalue weighted by molar-refractivity contribution is 4.99. The van der Waals surface area contributed by atoms with Gasteiger partial charge in [0, 0.05) is 18.9 Å². The van der Waals surface area contributed by atoms with Crippen LogP contribution in [0.3, 0.4) is 0 Å². The van der Waals surface area contributed by atoms with Crippen LogP contribution in [0.1, 0.15) is 32.1 Å². The van der Waals surface area contributed by atoms with Gasteiger partial charge in [-0.15, -0.1) is 0 Å². The molecular formula is C12H20F3N3O. The summed E-state index contributed by atoms with van der Waals surface area (Å²) in [5.74, 6) is 0.707. The van der Waals surface area contributed by atoms with Crippen LogP contribution in [0.4, 0.5) is 13.2 Å². The smallest absolute Gasteiger partial charge is 0.370 e. The lowest BCUT2D eigenvalue weighted by Gasteiger charge is -2.19. The molecule has 1 unspecified atom stereocenters. The number of aryl methyl sites for hydroxylation is 1. The number of halogens is 3. The second-order valence-electron chi connectivity index (χ2n) is 4.21. The molecule has 7 heteroatoms. The molecule has 0 fully saturated rings. The van der Waals surface area contributed by atoms with Crippen LogP contribution in [-0.4, -0.2) is 35.5 Å². The lowest BCUT2D eigenvalue weighted by Crippen LogP contribution is -2.30. The van der Waals surface area contributed by atoms with Crippen molar-refractivity contribution < 1.29 is 17.9 Å². The minimum Gasteiger partial charge on any atom is -0.370 e. The summed E-state index contributed by atoms with van der Waals surface area (Å²) in [5, 5.41) is 3.16. The van der Waals surface area contributed by atoms with Crippen LogP contribution in [0.2, 0.25) is 0 Å². The molecule has 0 aliphatic carbocycles. The number of alkyl halides is 3. The van der Waals surface area contributed by atoms with Crippen molar-refractivity contribution in [2.24, 2.45) is 0 Å². The average Bonchev–Trinajstić information content (AvgIpc) is 2.80. The van der Waals surface area contributed by atoms with Crippen LogP contribution in [0.5, 0.6) is 0 Å². The van der Waals surface area contributed by atoms with Crippen molar-refractivity contribution in [2.45, 2.75) is 39.0 Å². The predicted molar refractivity (Wildman–Crippen MR) is 65.8 cm³/mol. The highest BCUT2D eigenvalue weighted by atomic mass is 19.4. The minimum absolute atomic E-state index is 0.0451. The number of nitrogens with one attached hydrogen (secondary N) is 1. The zero-order chi connectivity index (χ0) is 14.3. The number of ether oxygens (including phenoxy) is 1. The van der Waals surface area contributed by atoms with Crippen LogP contribution in [-0.2, 0) is 11.3 Å². The molecule has 110 valence electrons. The molecule has 0 aliphatic heterocycles. The van der Waals surface area contributed by atoms with E-state index in [2.05, 4.69) is 10.3 Å². The zero-order valence-corrected chi connectivity index (χ0v) is 11.2. The van der Waals surface area contributed by atoms with Gasteiger partial charge in [-0.2, -0.15) is 13.2 Å². The normalized spacial score (nSPS) is 13.7. The number of nitrogens with zero attached hydrogens (tertiary/aromatic N) is 2. The van der Waals surface area contributed by atoms with E-state index in [0.29, 0.717) is 12.4 Å². The quantitative estimate of drug-likeness (QED) is 0.794. The van der Waals surface area contributed by atoms with Crippen LogP contribution in [0.25, 0.3) is 0 Å². The van der Waals surface area contributed by atoms with Gasteiger partial charge in [0.2, 0.25) is 0 Å². The SMILES string of the molecule is CCCNC(COCC(F)(F)F)c1nccn1CC. The molecule has 0 saturated carbocycles. The Morgan fingerprint density at radius 3 is 2.74 bits per heavy atom. The fraction of sp³-hybridized carbons (Fsp3) is 0.750. The Morgan fingerprint density at radius 2 is 2.16 bits per heavy atom. The molecule has 1 aromatic heterocycles. The Morgan fingerprint density at radius 1 is 1.42 bits per heavy atom. The fourth-order valence-corrected chi connectivity index (χ4v) is 1.73. The first-order valence-electron chi connectivity index (χ1n) is 6.36. The van der Waals surface area contributed by atoms with E-state index in [-0.39, 0.29) is 12.6 Å². The Hall–Kier alpha value is -1.08. The highest BCUT2D eigenvalue weighted by Gasteiger charge is 2.28. The Labute approximate surface area is 111 Å². The van der Waals surface area contributed by atoms with E-state index in [1.54, 1.807) is 12.4 Å². The number of hydrogen-bond donors (Lipinski definition) is 1. The summed E-state index contributed by atoms with van der Waals surface area (Å²) in [6, 6.07) is -0.322. The molecule has 1 atom stereocenters. The summed E-state index contributed by atoms with van der Waals surface area (Å²) in [7, 11) is 0. The molecule has 0 amide bonds. The van der Waals surface area contributed by atoms with Crippen LogP contribution < -0.4 is 5.32 Å². The topological polar surface area (TPSA) is 39.1 Å². The molecule has 0 bridgehead atoms. The summed E-state index contributed by atoms with van der Waals surface area (Å²) < 4.78 is 42.9. The van der Waals surface area contributed by atoms with Gasteiger partial charge in [0.05, 0.1) is 12.6 Å². The Bertz CT molecular complexity index is 365. The monoisotopic (exact) mass is 279 g/mol. The van der Waals surface area contributed by atoms with Crippen molar-refractivity contribution in [3.8, 4) is 0 Å². The number of imidazole rings is 1.